The quantitative estimate of drug-likeness (QED) is 0.696. The van der Waals surface area contributed by atoms with Crippen LogP contribution in [0.2, 0.25) is 0 Å². The van der Waals surface area contributed by atoms with E-state index in [-0.39, 0.29) is 12.0 Å². The molecule has 0 spiro atoms. The van der Waals surface area contributed by atoms with Crippen molar-refractivity contribution in [2.75, 3.05) is 0 Å². The lowest BCUT2D eigenvalue weighted by atomic mass is 10.2. The average Bonchev–Trinajstić information content (AvgIpc) is 3.27. The highest BCUT2D eigenvalue weighted by atomic mass is 16.5. The van der Waals surface area contributed by atoms with Gasteiger partial charge in [-0.3, -0.25) is 4.79 Å². The SMILES string of the molecule is O=C(NCc1ccccc1OC1CCCC1)c1cnc(-c2ccccc2)nc1. The Bertz CT molecular complexity index is 920. The van der Waals surface area contributed by atoms with E-state index in [0.717, 1.165) is 29.7 Å². The van der Waals surface area contributed by atoms with Gasteiger partial charge in [0, 0.05) is 30.1 Å². The maximum atomic E-state index is 12.5. The Hall–Kier alpha value is -3.21. The molecule has 1 heterocycles. The first kappa shape index (κ1) is 18.2. The third-order valence-electron chi connectivity index (χ3n) is 4.95. The van der Waals surface area contributed by atoms with Crippen LogP contribution < -0.4 is 10.1 Å². The predicted octanol–water partition coefficient (Wildman–Crippen LogP) is 4.40. The van der Waals surface area contributed by atoms with E-state index in [2.05, 4.69) is 15.3 Å². The lowest BCUT2D eigenvalue weighted by Crippen LogP contribution is -2.24. The minimum absolute atomic E-state index is 0.199. The number of nitrogens with zero attached hydrogens (tertiary/aromatic N) is 2. The highest BCUT2D eigenvalue weighted by molar-refractivity contribution is 5.93. The molecule has 1 aliphatic rings. The van der Waals surface area contributed by atoms with E-state index in [4.69, 9.17) is 4.74 Å². The number of amides is 1. The maximum absolute atomic E-state index is 12.5. The molecule has 0 unspecified atom stereocenters. The molecule has 5 nitrogen and oxygen atoms in total. The molecule has 0 atom stereocenters. The van der Waals surface area contributed by atoms with Crippen LogP contribution in [0.25, 0.3) is 11.4 Å². The molecule has 1 aliphatic carbocycles. The van der Waals surface area contributed by atoms with E-state index in [1.54, 1.807) is 12.4 Å². The van der Waals surface area contributed by atoms with Crippen molar-refractivity contribution in [3.05, 3.63) is 78.1 Å². The van der Waals surface area contributed by atoms with Crippen LogP contribution in [0.4, 0.5) is 0 Å². The minimum Gasteiger partial charge on any atom is -0.490 e. The van der Waals surface area contributed by atoms with Gasteiger partial charge in [0.1, 0.15) is 5.75 Å². The molecule has 0 bridgehead atoms. The van der Waals surface area contributed by atoms with Crippen LogP contribution in [-0.2, 0) is 6.54 Å². The van der Waals surface area contributed by atoms with Crippen molar-refractivity contribution in [2.24, 2.45) is 0 Å². The Balaban J connectivity index is 1.39. The van der Waals surface area contributed by atoms with Crippen molar-refractivity contribution in [2.45, 2.75) is 38.3 Å². The number of aromatic nitrogens is 2. The summed E-state index contributed by atoms with van der Waals surface area (Å²) in [6.45, 7) is 0.405. The van der Waals surface area contributed by atoms with Crippen molar-refractivity contribution in [1.29, 1.82) is 0 Å². The van der Waals surface area contributed by atoms with E-state index in [1.165, 1.54) is 12.8 Å². The number of ether oxygens (including phenoxy) is 1. The van der Waals surface area contributed by atoms with Crippen LogP contribution in [0, 0.1) is 0 Å². The van der Waals surface area contributed by atoms with Gasteiger partial charge in [0.15, 0.2) is 5.82 Å². The highest BCUT2D eigenvalue weighted by Gasteiger charge is 2.18. The van der Waals surface area contributed by atoms with Crippen molar-refractivity contribution < 1.29 is 9.53 Å². The molecule has 3 aromatic rings. The number of carbonyl (C=O) groups is 1. The average molecular weight is 373 g/mol. The molecule has 0 saturated heterocycles. The van der Waals surface area contributed by atoms with Crippen LogP contribution in [-0.4, -0.2) is 22.0 Å². The number of hydrogen-bond donors (Lipinski definition) is 1. The Kier molecular flexibility index (Phi) is 5.61. The maximum Gasteiger partial charge on any atom is 0.254 e. The van der Waals surface area contributed by atoms with Crippen molar-refractivity contribution in [3.63, 3.8) is 0 Å². The molecule has 1 N–H and O–H groups in total. The largest absolute Gasteiger partial charge is 0.490 e. The number of carbonyl (C=O) groups excluding carboxylic acids is 1. The fourth-order valence-electron chi connectivity index (χ4n) is 3.41. The summed E-state index contributed by atoms with van der Waals surface area (Å²) >= 11 is 0. The van der Waals surface area contributed by atoms with E-state index in [0.29, 0.717) is 17.9 Å². The van der Waals surface area contributed by atoms with Gasteiger partial charge in [0.25, 0.3) is 5.91 Å². The van der Waals surface area contributed by atoms with Gasteiger partial charge in [-0.15, -0.1) is 0 Å². The second-order valence-electron chi connectivity index (χ2n) is 6.98. The van der Waals surface area contributed by atoms with E-state index >= 15 is 0 Å². The van der Waals surface area contributed by atoms with Crippen molar-refractivity contribution >= 4 is 5.91 Å². The first-order chi connectivity index (χ1) is 13.8. The molecular formula is C23H23N3O2. The Morgan fingerprint density at radius 2 is 1.64 bits per heavy atom. The van der Waals surface area contributed by atoms with E-state index in [9.17, 15) is 4.79 Å². The molecule has 1 aromatic heterocycles. The minimum atomic E-state index is -0.199. The zero-order chi connectivity index (χ0) is 19.2. The third kappa shape index (κ3) is 4.36. The number of nitrogens with one attached hydrogen (secondary N) is 1. The monoisotopic (exact) mass is 373 g/mol. The summed E-state index contributed by atoms with van der Waals surface area (Å²) in [5, 5.41) is 2.94. The van der Waals surface area contributed by atoms with Gasteiger partial charge in [0.2, 0.25) is 0 Å². The fourth-order valence-corrected chi connectivity index (χ4v) is 3.41. The van der Waals surface area contributed by atoms with E-state index in [1.807, 2.05) is 54.6 Å². The zero-order valence-corrected chi connectivity index (χ0v) is 15.7. The lowest BCUT2D eigenvalue weighted by molar-refractivity contribution is 0.0949. The topological polar surface area (TPSA) is 64.1 Å². The predicted molar refractivity (Wildman–Crippen MR) is 108 cm³/mol. The zero-order valence-electron chi connectivity index (χ0n) is 15.7. The molecular weight excluding hydrogens is 350 g/mol. The summed E-state index contributed by atoms with van der Waals surface area (Å²) in [7, 11) is 0. The van der Waals surface area contributed by atoms with Crippen LogP contribution in [0.15, 0.2) is 67.0 Å². The Morgan fingerprint density at radius 3 is 2.39 bits per heavy atom. The first-order valence-electron chi connectivity index (χ1n) is 9.70. The molecule has 1 saturated carbocycles. The van der Waals surface area contributed by atoms with Gasteiger partial charge in [0.05, 0.1) is 11.7 Å². The van der Waals surface area contributed by atoms with Gasteiger partial charge < -0.3 is 10.1 Å². The van der Waals surface area contributed by atoms with Crippen LogP contribution in [0.1, 0.15) is 41.6 Å². The van der Waals surface area contributed by atoms with Crippen LogP contribution in [0.3, 0.4) is 0 Å². The standard InChI is InChI=1S/C23H23N3O2/c27-23(19-15-24-22(25-16-19)17-8-2-1-3-9-17)26-14-18-10-4-7-13-21(18)28-20-11-5-6-12-20/h1-4,7-10,13,15-16,20H,5-6,11-12,14H2,(H,26,27). The summed E-state index contributed by atoms with van der Waals surface area (Å²) < 4.78 is 6.13. The second-order valence-corrected chi connectivity index (χ2v) is 6.98. The van der Waals surface area contributed by atoms with Crippen LogP contribution in [0.5, 0.6) is 5.75 Å². The number of para-hydroxylation sites is 1. The number of hydrogen-bond acceptors (Lipinski definition) is 4. The van der Waals surface area contributed by atoms with Crippen molar-refractivity contribution in [1.82, 2.24) is 15.3 Å². The molecule has 1 amide bonds. The second kappa shape index (κ2) is 8.65. The molecule has 2 aromatic carbocycles. The van der Waals surface area contributed by atoms with Gasteiger partial charge in [-0.25, -0.2) is 9.97 Å². The summed E-state index contributed by atoms with van der Waals surface area (Å²) in [4.78, 5) is 21.1. The normalized spacial score (nSPS) is 14.0. The van der Waals surface area contributed by atoms with Gasteiger partial charge in [-0.1, -0.05) is 48.5 Å². The smallest absolute Gasteiger partial charge is 0.254 e. The molecule has 0 radical (unpaired) electrons. The van der Waals surface area contributed by atoms with Crippen LogP contribution >= 0.6 is 0 Å². The van der Waals surface area contributed by atoms with Gasteiger partial charge in [-0.2, -0.15) is 0 Å². The molecule has 5 heteroatoms. The summed E-state index contributed by atoms with van der Waals surface area (Å²) in [6.07, 6.45) is 8.07. The van der Waals surface area contributed by atoms with Gasteiger partial charge in [-0.05, 0) is 31.7 Å². The molecule has 28 heavy (non-hydrogen) atoms. The fraction of sp³-hybridized carbons (Fsp3) is 0.261. The van der Waals surface area contributed by atoms with E-state index < -0.39 is 0 Å². The molecule has 1 fully saturated rings. The highest BCUT2D eigenvalue weighted by Crippen LogP contribution is 2.26. The first-order valence-corrected chi connectivity index (χ1v) is 9.70. The molecule has 0 aliphatic heterocycles. The summed E-state index contributed by atoms with van der Waals surface area (Å²) in [5.41, 5.74) is 2.34. The third-order valence-corrected chi connectivity index (χ3v) is 4.95. The summed E-state index contributed by atoms with van der Waals surface area (Å²) in [5.74, 6) is 1.26. The molecule has 142 valence electrons. The Labute approximate surface area is 164 Å². The van der Waals surface area contributed by atoms with Gasteiger partial charge >= 0.3 is 0 Å². The lowest BCUT2D eigenvalue weighted by Gasteiger charge is -2.16. The molecule has 4 rings (SSSR count). The summed E-state index contributed by atoms with van der Waals surface area (Å²) in [6, 6.07) is 17.6. The Morgan fingerprint density at radius 1 is 0.964 bits per heavy atom. The number of rotatable bonds is 6. The van der Waals surface area contributed by atoms with Crippen molar-refractivity contribution in [3.8, 4) is 17.1 Å². The number of benzene rings is 2.